The third-order valence-electron chi connectivity index (χ3n) is 4.16. The zero-order chi connectivity index (χ0) is 17.7. The zero-order valence-electron chi connectivity index (χ0n) is 14.3. The van der Waals surface area contributed by atoms with Gasteiger partial charge < -0.3 is 4.90 Å². The molecule has 1 fully saturated rings. The minimum absolute atomic E-state index is 0.449. The van der Waals surface area contributed by atoms with Crippen molar-refractivity contribution in [3.05, 3.63) is 42.6 Å². The van der Waals surface area contributed by atoms with Crippen LogP contribution in [0.25, 0.3) is 11.4 Å². The van der Waals surface area contributed by atoms with E-state index in [9.17, 15) is 8.42 Å². The summed E-state index contributed by atoms with van der Waals surface area (Å²) in [7, 11) is -3.11. The summed E-state index contributed by atoms with van der Waals surface area (Å²) in [6.45, 7) is 4.67. The maximum Gasteiger partial charge on any atom is 0.208 e. The van der Waals surface area contributed by atoms with Gasteiger partial charge in [-0.25, -0.2) is 23.1 Å². The third-order valence-corrected chi connectivity index (χ3v) is 4.89. The van der Waals surface area contributed by atoms with Crippen LogP contribution in [0, 0.1) is 0 Å². The SMILES string of the molecule is CS(=O)(=O)NCCN1CCN(c2ccnc(-c3ccccc3)n2)CC1. The summed E-state index contributed by atoms with van der Waals surface area (Å²) < 4.78 is 24.7. The standard InChI is InChI=1S/C17H23N5O2S/c1-25(23,24)19-9-10-21-11-13-22(14-12-21)16-7-8-18-17(20-16)15-5-3-2-4-6-15/h2-8,19H,9-14H2,1H3. The van der Waals surface area contributed by atoms with Gasteiger partial charge in [-0.05, 0) is 6.07 Å². The number of piperazine rings is 1. The van der Waals surface area contributed by atoms with E-state index in [0.717, 1.165) is 49.9 Å². The molecule has 1 aromatic carbocycles. The van der Waals surface area contributed by atoms with Gasteiger partial charge in [-0.2, -0.15) is 0 Å². The van der Waals surface area contributed by atoms with E-state index in [1.807, 2.05) is 36.4 Å². The third kappa shape index (κ3) is 5.22. The first-order chi connectivity index (χ1) is 12.0. The quantitative estimate of drug-likeness (QED) is 0.821. The molecule has 0 saturated carbocycles. The monoisotopic (exact) mass is 361 g/mol. The Hall–Kier alpha value is -2.03. The lowest BCUT2D eigenvalue weighted by Crippen LogP contribution is -2.48. The molecule has 2 aromatic rings. The normalized spacial score (nSPS) is 16.1. The number of anilines is 1. The number of hydrogen-bond donors (Lipinski definition) is 1. The van der Waals surface area contributed by atoms with E-state index in [0.29, 0.717) is 6.54 Å². The van der Waals surface area contributed by atoms with Crippen LogP contribution in [0.1, 0.15) is 0 Å². The van der Waals surface area contributed by atoms with Gasteiger partial charge >= 0.3 is 0 Å². The van der Waals surface area contributed by atoms with Gasteiger partial charge in [-0.3, -0.25) is 4.90 Å². The van der Waals surface area contributed by atoms with Gasteiger partial charge in [0.15, 0.2) is 5.82 Å². The molecular formula is C17H23N5O2S. The summed E-state index contributed by atoms with van der Waals surface area (Å²) in [6.07, 6.45) is 2.98. The predicted octanol–water partition coefficient (Wildman–Crippen LogP) is 0.815. The van der Waals surface area contributed by atoms with E-state index in [1.54, 1.807) is 6.20 Å². The Morgan fingerprint density at radius 3 is 2.48 bits per heavy atom. The second kappa shape index (κ2) is 7.90. The molecule has 0 aliphatic carbocycles. The van der Waals surface area contributed by atoms with Crippen molar-refractivity contribution in [2.45, 2.75) is 0 Å². The topological polar surface area (TPSA) is 78.4 Å². The van der Waals surface area contributed by atoms with Crippen LogP contribution in [0.4, 0.5) is 5.82 Å². The molecule has 0 bridgehead atoms. The zero-order valence-corrected chi connectivity index (χ0v) is 15.1. The Balaban J connectivity index is 1.56. The second-order valence-corrected chi connectivity index (χ2v) is 7.93. The van der Waals surface area contributed by atoms with Crippen molar-refractivity contribution in [3.63, 3.8) is 0 Å². The Kier molecular flexibility index (Phi) is 5.62. The van der Waals surface area contributed by atoms with E-state index in [2.05, 4.69) is 19.5 Å². The number of aromatic nitrogens is 2. The maximum absolute atomic E-state index is 11.1. The molecule has 1 N–H and O–H groups in total. The summed E-state index contributed by atoms with van der Waals surface area (Å²) in [4.78, 5) is 13.6. The van der Waals surface area contributed by atoms with E-state index < -0.39 is 10.0 Å². The fourth-order valence-corrected chi connectivity index (χ4v) is 3.30. The second-order valence-electron chi connectivity index (χ2n) is 6.10. The Morgan fingerprint density at radius 1 is 1.08 bits per heavy atom. The molecular weight excluding hydrogens is 338 g/mol. The lowest BCUT2D eigenvalue weighted by molar-refractivity contribution is 0.261. The molecule has 0 radical (unpaired) electrons. The summed E-state index contributed by atoms with van der Waals surface area (Å²) in [5, 5.41) is 0. The number of benzene rings is 1. The first kappa shape index (κ1) is 17.8. The predicted molar refractivity (Wildman–Crippen MR) is 99.0 cm³/mol. The van der Waals surface area contributed by atoms with Crippen LogP contribution in [0.5, 0.6) is 0 Å². The summed E-state index contributed by atoms with van der Waals surface area (Å²) in [5.41, 5.74) is 1.01. The van der Waals surface area contributed by atoms with Gasteiger partial charge in [0.1, 0.15) is 5.82 Å². The van der Waals surface area contributed by atoms with Crippen molar-refractivity contribution in [2.75, 3.05) is 50.4 Å². The molecule has 0 atom stereocenters. The van der Waals surface area contributed by atoms with Crippen molar-refractivity contribution in [1.82, 2.24) is 19.6 Å². The van der Waals surface area contributed by atoms with Gasteiger partial charge in [0.2, 0.25) is 10.0 Å². The van der Waals surface area contributed by atoms with Gasteiger partial charge in [0, 0.05) is 51.0 Å². The molecule has 8 heteroatoms. The smallest absolute Gasteiger partial charge is 0.208 e. The highest BCUT2D eigenvalue weighted by Crippen LogP contribution is 2.19. The fourth-order valence-electron chi connectivity index (χ4n) is 2.84. The minimum atomic E-state index is -3.11. The van der Waals surface area contributed by atoms with Gasteiger partial charge in [-0.1, -0.05) is 30.3 Å². The number of sulfonamides is 1. The molecule has 1 aromatic heterocycles. The van der Waals surface area contributed by atoms with Crippen molar-refractivity contribution in [1.29, 1.82) is 0 Å². The molecule has 25 heavy (non-hydrogen) atoms. The lowest BCUT2D eigenvalue weighted by Gasteiger charge is -2.35. The molecule has 0 unspecified atom stereocenters. The highest BCUT2D eigenvalue weighted by molar-refractivity contribution is 7.88. The van der Waals surface area contributed by atoms with Crippen molar-refractivity contribution in [2.24, 2.45) is 0 Å². The Morgan fingerprint density at radius 2 is 1.80 bits per heavy atom. The molecule has 7 nitrogen and oxygen atoms in total. The number of nitrogens with one attached hydrogen (secondary N) is 1. The van der Waals surface area contributed by atoms with Crippen LogP contribution in [0.15, 0.2) is 42.6 Å². The number of nitrogens with zero attached hydrogens (tertiary/aromatic N) is 4. The highest BCUT2D eigenvalue weighted by Gasteiger charge is 2.18. The van der Waals surface area contributed by atoms with Crippen LogP contribution >= 0.6 is 0 Å². The largest absolute Gasteiger partial charge is 0.354 e. The minimum Gasteiger partial charge on any atom is -0.354 e. The first-order valence-corrected chi connectivity index (χ1v) is 10.2. The van der Waals surface area contributed by atoms with E-state index in [1.165, 1.54) is 6.26 Å². The average Bonchev–Trinajstić information content (AvgIpc) is 2.62. The van der Waals surface area contributed by atoms with Crippen molar-refractivity contribution >= 4 is 15.8 Å². The molecule has 1 aliphatic rings. The van der Waals surface area contributed by atoms with E-state index >= 15 is 0 Å². The average molecular weight is 361 g/mol. The molecule has 0 amide bonds. The summed E-state index contributed by atoms with van der Waals surface area (Å²) in [6, 6.07) is 11.9. The van der Waals surface area contributed by atoms with Crippen LogP contribution in [-0.4, -0.2) is 68.8 Å². The fraction of sp³-hybridized carbons (Fsp3) is 0.412. The first-order valence-electron chi connectivity index (χ1n) is 8.32. The van der Waals surface area contributed by atoms with Gasteiger partial charge in [-0.15, -0.1) is 0 Å². The molecule has 1 saturated heterocycles. The van der Waals surface area contributed by atoms with Crippen LogP contribution in [-0.2, 0) is 10.0 Å². The van der Waals surface area contributed by atoms with E-state index in [-0.39, 0.29) is 0 Å². The van der Waals surface area contributed by atoms with Crippen LogP contribution in [0.2, 0.25) is 0 Å². The van der Waals surface area contributed by atoms with Gasteiger partial charge in [0.05, 0.1) is 6.26 Å². The summed E-state index contributed by atoms with van der Waals surface area (Å²) in [5.74, 6) is 1.67. The number of hydrogen-bond acceptors (Lipinski definition) is 6. The lowest BCUT2D eigenvalue weighted by atomic mass is 10.2. The molecule has 134 valence electrons. The maximum atomic E-state index is 11.1. The Labute approximate surface area is 148 Å². The van der Waals surface area contributed by atoms with Crippen molar-refractivity contribution < 1.29 is 8.42 Å². The molecule has 0 spiro atoms. The van der Waals surface area contributed by atoms with E-state index in [4.69, 9.17) is 4.98 Å². The molecule has 3 rings (SSSR count). The molecule has 1 aliphatic heterocycles. The van der Waals surface area contributed by atoms with Crippen LogP contribution < -0.4 is 9.62 Å². The molecule has 2 heterocycles. The summed E-state index contributed by atoms with van der Waals surface area (Å²) >= 11 is 0. The highest BCUT2D eigenvalue weighted by atomic mass is 32.2. The van der Waals surface area contributed by atoms with Crippen LogP contribution in [0.3, 0.4) is 0 Å². The Bertz CT molecular complexity index is 790. The van der Waals surface area contributed by atoms with Crippen molar-refractivity contribution in [3.8, 4) is 11.4 Å². The van der Waals surface area contributed by atoms with Gasteiger partial charge in [0.25, 0.3) is 0 Å². The number of rotatable bonds is 6.